The molecule has 0 spiro atoms. The van der Waals surface area contributed by atoms with Crippen LogP contribution in [0.15, 0.2) is 30.3 Å². The molecular weight excluding hydrogens is 284 g/mol. The molecule has 0 radical (unpaired) electrons. The van der Waals surface area contributed by atoms with Gasteiger partial charge in [-0.2, -0.15) is 5.10 Å². The van der Waals surface area contributed by atoms with Crippen LogP contribution in [0.5, 0.6) is 0 Å². The van der Waals surface area contributed by atoms with Crippen LogP contribution < -0.4 is 10.6 Å². The summed E-state index contributed by atoms with van der Waals surface area (Å²) in [6, 6.07) is 9.10. The number of aromatic nitrogens is 2. The van der Waals surface area contributed by atoms with Crippen molar-refractivity contribution in [2.75, 3.05) is 11.9 Å². The lowest BCUT2D eigenvalue weighted by Gasteiger charge is -2.18. The molecule has 0 atom stereocenters. The summed E-state index contributed by atoms with van der Waals surface area (Å²) in [5.41, 5.74) is 8.51. The number of anilines is 1. The van der Waals surface area contributed by atoms with Crippen LogP contribution in [0, 0.1) is 6.92 Å². The van der Waals surface area contributed by atoms with Crippen LogP contribution in [0.4, 0.5) is 5.69 Å². The fourth-order valence-electron chi connectivity index (χ4n) is 2.12. The van der Waals surface area contributed by atoms with Crippen molar-refractivity contribution in [3.63, 3.8) is 0 Å². The monoisotopic (exact) mass is 302 g/mol. The molecule has 2 N–H and O–H groups in total. The smallest absolute Gasteiger partial charge is 0.276 e. The summed E-state index contributed by atoms with van der Waals surface area (Å²) >= 11 is 4.97. The van der Waals surface area contributed by atoms with E-state index >= 15 is 0 Å². The first-order valence-electron chi connectivity index (χ1n) is 6.66. The molecule has 2 rings (SSSR count). The van der Waals surface area contributed by atoms with E-state index in [9.17, 15) is 4.79 Å². The van der Waals surface area contributed by atoms with Gasteiger partial charge in [-0.25, -0.2) is 0 Å². The summed E-state index contributed by atoms with van der Waals surface area (Å²) in [5.74, 6) is -0.113. The number of amides is 1. The van der Waals surface area contributed by atoms with Gasteiger partial charge >= 0.3 is 0 Å². The van der Waals surface area contributed by atoms with Gasteiger partial charge in [-0.05, 0) is 32.0 Å². The van der Waals surface area contributed by atoms with Gasteiger partial charge < -0.3 is 10.6 Å². The van der Waals surface area contributed by atoms with Crippen molar-refractivity contribution in [3.8, 4) is 0 Å². The molecule has 110 valence electrons. The highest BCUT2D eigenvalue weighted by Crippen LogP contribution is 2.18. The second-order valence-corrected chi connectivity index (χ2v) is 5.21. The largest absolute Gasteiger partial charge is 0.389 e. The summed E-state index contributed by atoms with van der Waals surface area (Å²) in [4.78, 5) is 14.5. The molecule has 0 aliphatic carbocycles. The molecule has 1 heterocycles. The average Bonchev–Trinajstić information content (AvgIpc) is 2.86. The van der Waals surface area contributed by atoms with Gasteiger partial charge in [-0.15, -0.1) is 0 Å². The van der Waals surface area contributed by atoms with Crippen LogP contribution >= 0.6 is 12.2 Å². The number of carbonyl (C=O) groups is 1. The van der Waals surface area contributed by atoms with Gasteiger partial charge in [0.1, 0.15) is 10.7 Å². The molecule has 0 unspecified atom stereocenters. The molecule has 1 aromatic carbocycles. The third kappa shape index (κ3) is 3.11. The topological polar surface area (TPSA) is 64.2 Å². The number of nitrogens with zero attached hydrogens (tertiary/aromatic N) is 3. The Hall–Kier alpha value is -2.21. The highest BCUT2D eigenvalue weighted by atomic mass is 32.1. The number of benzene rings is 1. The number of hydrogen-bond acceptors (Lipinski definition) is 3. The molecule has 0 aliphatic rings. The van der Waals surface area contributed by atoms with Crippen molar-refractivity contribution in [1.29, 1.82) is 0 Å². The molecular formula is C15H18N4OS. The molecule has 0 fully saturated rings. The average molecular weight is 302 g/mol. The van der Waals surface area contributed by atoms with Crippen molar-refractivity contribution in [2.45, 2.75) is 20.4 Å². The summed E-state index contributed by atoms with van der Waals surface area (Å²) in [6.07, 6.45) is 0. The Balaban J connectivity index is 2.34. The Morgan fingerprint density at radius 1 is 1.43 bits per heavy atom. The van der Waals surface area contributed by atoms with Crippen LogP contribution in [-0.2, 0) is 6.54 Å². The van der Waals surface area contributed by atoms with E-state index in [0.717, 1.165) is 16.9 Å². The molecule has 0 aliphatic heterocycles. The molecule has 1 amide bonds. The minimum atomic E-state index is -0.113. The number of thiocarbonyl (C=S) groups is 1. The first-order valence-corrected chi connectivity index (χ1v) is 7.07. The van der Waals surface area contributed by atoms with Crippen molar-refractivity contribution >= 4 is 28.8 Å². The number of carbonyl (C=O) groups excluding carboxylic acids is 1. The molecule has 6 heteroatoms. The Morgan fingerprint density at radius 3 is 2.76 bits per heavy atom. The lowest BCUT2D eigenvalue weighted by Crippen LogP contribution is -2.28. The first-order chi connectivity index (χ1) is 9.93. The quantitative estimate of drug-likeness (QED) is 0.879. The Bertz CT molecular complexity index is 693. The number of nitrogens with two attached hydrogens (primary N) is 1. The maximum atomic E-state index is 12.6. The van der Waals surface area contributed by atoms with Crippen molar-refractivity contribution < 1.29 is 4.79 Å². The molecule has 21 heavy (non-hydrogen) atoms. The van der Waals surface area contributed by atoms with Gasteiger partial charge in [-0.3, -0.25) is 9.48 Å². The molecule has 1 aromatic heterocycles. The SMILES string of the molecule is CCn1nc(C)cc1C(=O)N(C)c1cccc(C(N)=S)c1. The number of aryl methyl sites for hydroxylation is 2. The Labute approximate surface area is 129 Å². The van der Waals surface area contributed by atoms with Crippen molar-refractivity contribution in [2.24, 2.45) is 5.73 Å². The van der Waals surface area contributed by atoms with Crippen molar-refractivity contribution in [1.82, 2.24) is 9.78 Å². The van der Waals surface area contributed by atoms with E-state index in [1.54, 1.807) is 28.8 Å². The zero-order valence-corrected chi connectivity index (χ0v) is 13.1. The summed E-state index contributed by atoms with van der Waals surface area (Å²) in [5, 5.41) is 4.30. The van der Waals surface area contributed by atoms with Crippen LogP contribution in [-0.4, -0.2) is 27.7 Å². The van der Waals surface area contributed by atoms with E-state index in [1.165, 1.54) is 0 Å². The lowest BCUT2D eigenvalue weighted by atomic mass is 10.2. The second-order valence-electron chi connectivity index (χ2n) is 4.77. The predicted molar refractivity (Wildman–Crippen MR) is 87.7 cm³/mol. The molecule has 2 aromatic rings. The Morgan fingerprint density at radius 2 is 2.14 bits per heavy atom. The molecule has 0 bridgehead atoms. The van der Waals surface area contributed by atoms with Gasteiger partial charge in [0, 0.05) is 24.8 Å². The Kier molecular flexibility index (Phi) is 4.37. The summed E-state index contributed by atoms with van der Waals surface area (Å²) < 4.78 is 1.70. The van der Waals surface area contributed by atoms with E-state index in [4.69, 9.17) is 18.0 Å². The normalized spacial score (nSPS) is 10.4. The minimum Gasteiger partial charge on any atom is -0.389 e. The highest BCUT2D eigenvalue weighted by Gasteiger charge is 2.19. The van der Waals surface area contributed by atoms with E-state index in [-0.39, 0.29) is 5.91 Å². The van der Waals surface area contributed by atoms with Gasteiger partial charge in [-0.1, -0.05) is 24.4 Å². The fourth-order valence-corrected chi connectivity index (χ4v) is 2.24. The predicted octanol–water partition coefficient (Wildman–Crippen LogP) is 2.12. The first kappa shape index (κ1) is 15.2. The standard InChI is InChI=1S/C15H18N4OS/c1-4-19-13(8-10(2)17-19)15(20)18(3)12-7-5-6-11(9-12)14(16)21/h5-9H,4H2,1-3H3,(H2,16,21). The fraction of sp³-hybridized carbons (Fsp3) is 0.267. The van der Waals surface area contributed by atoms with Crippen LogP contribution in [0.2, 0.25) is 0 Å². The van der Waals surface area contributed by atoms with Gasteiger partial charge in [0.05, 0.1) is 5.69 Å². The van der Waals surface area contributed by atoms with Gasteiger partial charge in [0.15, 0.2) is 0 Å². The highest BCUT2D eigenvalue weighted by molar-refractivity contribution is 7.80. The maximum Gasteiger partial charge on any atom is 0.276 e. The lowest BCUT2D eigenvalue weighted by molar-refractivity contribution is 0.0983. The van der Waals surface area contributed by atoms with E-state index in [1.807, 2.05) is 32.0 Å². The zero-order chi connectivity index (χ0) is 15.6. The summed E-state index contributed by atoms with van der Waals surface area (Å²) in [6.45, 7) is 4.47. The number of hydrogen-bond donors (Lipinski definition) is 1. The maximum absolute atomic E-state index is 12.6. The zero-order valence-electron chi connectivity index (χ0n) is 12.3. The van der Waals surface area contributed by atoms with Crippen LogP contribution in [0.3, 0.4) is 0 Å². The third-order valence-electron chi connectivity index (χ3n) is 3.24. The van der Waals surface area contributed by atoms with Crippen LogP contribution in [0.1, 0.15) is 28.7 Å². The van der Waals surface area contributed by atoms with Crippen LogP contribution in [0.25, 0.3) is 0 Å². The third-order valence-corrected chi connectivity index (χ3v) is 3.48. The molecule has 5 nitrogen and oxygen atoms in total. The number of rotatable bonds is 4. The second kappa shape index (κ2) is 6.05. The van der Waals surface area contributed by atoms with Gasteiger partial charge in [0.25, 0.3) is 5.91 Å². The van der Waals surface area contributed by atoms with E-state index < -0.39 is 0 Å². The van der Waals surface area contributed by atoms with Crippen molar-refractivity contribution in [3.05, 3.63) is 47.3 Å². The van der Waals surface area contributed by atoms with Gasteiger partial charge in [0.2, 0.25) is 0 Å². The molecule has 0 saturated carbocycles. The summed E-state index contributed by atoms with van der Waals surface area (Å²) in [7, 11) is 1.73. The van der Waals surface area contributed by atoms with E-state index in [2.05, 4.69) is 5.10 Å². The molecule has 0 saturated heterocycles. The van der Waals surface area contributed by atoms with E-state index in [0.29, 0.717) is 17.2 Å². The minimum absolute atomic E-state index is 0.113.